The van der Waals surface area contributed by atoms with Crippen LogP contribution in [0, 0.1) is 12.8 Å². The first-order valence-corrected chi connectivity index (χ1v) is 6.35. The van der Waals surface area contributed by atoms with Gasteiger partial charge < -0.3 is 5.32 Å². The third-order valence-corrected chi connectivity index (χ3v) is 3.47. The highest BCUT2D eigenvalue weighted by Crippen LogP contribution is 2.25. The summed E-state index contributed by atoms with van der Waals surface area (Å²) in [5, 5.41) is 2.92. The maximum Gasteiger partial charge on any atom is 0.224 e. The molecule has 1 amide bonds. The van der Waals surface area contributed by atoms with Crippen LogP contribution in [0.4, 0.5) is 5.69 Å². The van der Waals surface area contributed by atoms with Gasteiger partial charge in [0.25, 0.3) is 0 Å². The lowest BCUT2D eigenvalue weighted by atomic mass is 10.1. The summed E-state index contributed by atoms with van der Waals surface area (Å²) in [5.41, 5.74) is 1.98. The van der Waals surface area contributed by atoms with Crippen molar-refractivity contribution in [3.63, 3.8) is 0 Å². The van der Waals surface area contributed by atoms with Crippen LogP contribution in [0.15, 0.2) is 22.7 Å². The average molecular weight is 284 g/mol. The first-order chi connectivity index (χ1) is 7.50. The average Bonchev–Trinajstić information content (AvgIpc) is 2.22. The minimum Gasteiger partial charge on any atom is -0.325 e. The lowest BCUT2D eigenvalue weighted by Gasteiger charge is -2.09. The minimum atomic E-state index is 0.0833. The summed E-state index contributed by atoms with van der Waals surface area (Å²) in [4.78, 5) is 11.6. The molecule has 0 heterocycles. The highest BCUT2D eigenvalue weighted by atomic mass is 79.9. The van der Waals surface area contributed by atoms with Crippen molar-refractivity contribution in [1.82, 2.24) is 0 Å². The van der Waals surface area contributed by atoms with E-state index < -0.39 is 0 Å². The molecule has 2 nitrogen and oxygen atoms in total. The Morgan fingerprint density at radius 2 is 2.12 bits per heavy atom. The van der Waals surface area contributed by atoms with Gasteiger partial charge in [0.15, 0.2) is 0 Å². The molecule has 88 valence electrons. The van der Waals surface area contributed by atoms with E-state index in [4.69, 9.17) is 0 Å². The predicted octanol–water partition coefficient (Wildman–Crippen LogP) is 4.13. The maximum atomic E-state index is 11.6. The summed E-state index contributed by atoms with van der Waals surface area (Å²) in [6.07, 6.45) is 1.51. The van der Waals surface area contributed by atoms with Gasteiger partial charge in [0.1, 0.15) is 0 Å². The summed E-state index contributed by atoms with van der Waals surface area (Å²) < 4.78 is 0.966. The number of carbonyl (C=O) groups is 1. The molecule has 0 radical (unpaired) electrons. The summed E-state index contributed by atoms with van der Waals surface area (Å²) >= 11 is 3.47. The topological polar surface area (TPSA) is 29.1 Å². The SMILES string of the molecule is Cc1cccc(NC(=O)CCC(C)C)c1Br. The molecule has 0 spiro atoms. The smallest absolute Gasteiger partial charge is 0.224 e. The maximum absolute atomic E-state index is 11.6. The van der Waals surface area contributed by atoms with Gasteiger partial charge in [-0.2, -0.15) is 0 Å². The molecule has 0 aliphatic heterocycles. The zero-order chi connectivity index (χ0) is 12.1. The molecule has 1 aromatic carbocycles. The van der Waals surface area contributed by atoms with Crippen LogP contribution < -0.4 is 5.32 Å². The van der Waals surface area contributed by atoms with Crippen LogP contribution in [0.1, 0.15) is 32.3 Å². The Bertz CT molecular complexity index is 374. The van der Waals surface area contributed by atoms with E-state index in [2.05, 4.69) is 35.1 Å². The second-order valence-corrected chi connectivity index (χ2v) is 5.21. The number of anilines is 1. The van der Waals surface area contributed by atoms with Gasteiger partial charge in [-0.15, -0.1) is 0 Å². The highest BCUT2D eigenvalue weighted by Gasteiger charge is 2.07. The van der Waals surface area contributed by atoms with Crippen LogP contribution in [0.5, 0.6) is 0 Å². The van der Waals surface area contributed by atoms with Crippen molar-refractivity contribution < 1.29 is 4.79 Å². The zero-order valence-electron chi connectivity index (χ0n) is 10.0. The molecule has 0 aromatic heterocycles. The van der Waals surface area contributed by atoms with Gasteiger partial charge in [0, 0.05) is 10.9 Å². The van der Waals surface area contributed by atoms with Gasteiger partial charge in [-0.05, 0) is 46.8 Å². The van der Waals surface area contributed by atoms with E-state index in [1.54, 1.807) is 0 Å². The highest BCUT2D eigenvalue weighted by molar-refractivity contribution is 9.10. The van der Waals surface area contributed by atoms with Crippen molar-refractivity contribution in [2.24, 2.45) is 5.92 Å². The summed E-state index contributed by atoms with van der Waals surface area (Å²) in [6, 6.07) is 5.86. The Morgan fingerprint density at radius 3 is 2.75 bits per heavy atom. The number of carbonyl (C=O) groups excluding carboxylic acids is 1. The van der Waals surface area contributed by atoms with Crippen LogP contribution in [0.2, 0.25) is 0 Å². The van der Waals surface area contributed by atoms with E-state index in [0.29, 0.717) is 12.3 Å². The molecule has 16 heavy (non-hydrogen) atoms. The molecule has 3 heteroatoms. The van der Waals surface area contributed by atoms with E-state index >= 15 is 0 Å². The molecule has 1 aromatic rings. The molecule has 0 aliphatic rings. The molecule has 0 aliphatic carbocycles. The summed E-state index contributed by atoms with van der Waals surface area (Å²) in [5.74, 6) is 0.645. The minimum absolute atomic E-state index is 0.0833. The number of aryl methyl sites for hydroxylation is 1. The predicted molar refractivity (Wildman–Crippen MR) is 71.6 cm³/mol. The fourth-order valence-corrected chi connectivity index (χ4v) is 1.74. The number of nitrogens with one attached hydrogen (secondary N) is 1. The van der Waals surface area contributed by atoms with Crippen molar-refractivity contribution in [2.45, 2.75) is 33.6 Å². The lowest BCUT2D eigenvalue weighted by molar-refractivity contribution is -0.116. The fourth-order valence-electron chi connectivity index (χ4n) is 1.38. The van der Waals surface area contributed by atoms with Gasteiger partial charge in [-0.3, -0.25) is 4.79 Å². The van der Waals surface area contributed by atoms with Crippen LogP contribution in [0.3, 0.4) is 0 Å². The standard InChI is InChI=1S/C13H18BrNO/c1-9(2)7-8-12(16)15-11-6-4-5-10(3)13(11)14/h4-6,9H,7-8H2,1-3H3,(H,15,16). The normalized spacial score (nSPS) is 10.6. The Hall–Kier alpha value is -0.830. The zero-order valence-corrected chi connectivity index (χ0v) is 11.6. The second-order valence-electron chi connectivity index (χ2n) is 4.42. The summed E-state index contributed by atoms with van der Waals surface area (Å²) in [7, 11) is 0. The van der Waals surface area contributed by atoms with Gasteiger partial charge in [0.2, 0.25) is 5.91 Å². The van der Waals surface area contributed by atoms with Crippen molar-refractivity contribution in [1.29, 1.82) is 0 Å². The first-order valence-electron chi connectivity index (χ1n) is 5.55. The molecule has 0 bridgehead atoms. The van der Waals surface area contributed by atoms with Crippen LogP contribution in [-0.4, -0.2) is 5.91 Å². The molecule has 1 N–H and O–H groups in total. The van der Waals surface area contributed by atoms with Crippen LogP contribution >= 0.6 is 15.9 Å². The second kappa shape index (κ2) is 6.04. The molecule has 1 rings (SSSR count). The van der Waals surface area contributed by atoms with Crippen molar-refractivity contribution in [3.8, 4) is 0 Å². The quantitative estimate of drug-likeness (QED) is 0.884. The summed E-state index contributed by atoms with van der Waals surface area (Å²) in [6.45, 7) is 6.25. The molecule has 0 saturated carbocycles. The molecular formula is C13H18BrNO. The van der Waals surface area contributed by atoms with Crippen molar-refractivity contribution >= 4 is 27.5 Å². The van der Waals surface area contributed by atoms with Crippen molar-refractivity contribution in [2.75, 3.05) is 5.32 Å². The molecule has 0 unspecified atom stereocenters. The fraction of sp³-hybridized carbons (Fsp3) is 0.462. The van der Waals surface area contributed by atoms with Crippen molar-refractivity contribution in [3.05, 3.63) is 28.2 Å². The largest absolute Gasteiger partial charge is 0.325 e. The molecule has 0 fully saturated rings. The number of benzene rings is 1. The number of halogens is 1. The Balaban J connectivity index is 2.59. The van der Waals surface area contributed by atoms with E-state index in [1.165, 1.54) is 0 Å². The Morgan fingerprint density at radius 1 is 1.44 bits per heavy atom. The number of hydrogen-bond acceptors (Lipinski definition) is 1. The molecular weight excluding hydrogens is 266 g/mol. The monoisotopic (exact) mass is 283 g/mol. The Kier molecular flexibility index (Phi) is 5.00. The van der Waals surface area contributed by atoms with Crippen LogP contribution in [-0.2, 0) is 4.79 Å². The van der Waals surface area contributed by atoms with E-state index in [-0.39, 0.29) is 5.91 Å². The van der Waals surface area contributed by atoms with Crippen LogP contribution in [0.25, 0.3) is 0 Å². The van der Waals surface area contributed by atoms with Gasteiger partial charge in [0.05, 0.1) is 5.69 Å². The molecule has 0 saturated heterocycles. The Labute approximate surface area is 106 Å². The number of rotatable bonds is 4. The number of hydrogen-bond donors (Lipinski definition) is 1. The molecule has 0 atom stereocenters. The third-order valence-electron chi connectivity index (χ3n) is 2.41. The van der Waals surface area contributed by atoms with E-state index in [9.17, 15) is 4.79 Å². The van der Waals surface area contributed by atoms with E-state index in [1.807, 2.05) is 25.1 Å². The van der Waals surface area contributed by atoms with Gasteiger partial charge in [-0.1, -0.05) is 26.0 Å². The first kappa shape index (κ1) is 13.2. The van der Waals surface area contributed by atoms with E-state index in [0.717, 1.165) is 22.1 Å². The van der Waals surface area contributed by atoms with Gasteiger partial charge >= 0.3 is 0 Å². The van der Waals surface area contributed by atoms with Gasteiger partial charge in [-0.25, -0.2) is 0 Å². The number of amides is 1. The lowest BCUT2D eigenvalue weighted by Crippen LogP contribution is -2.12. The third kappa shape index (κ3) is 3.97.